The number of hydrogen-bond donors (Lipinski definition) is 1. The lowest BCUT2D eigenvalue weighted by molar-refractivity contribution is -0.288. The van der Waals surface area contributed by atoms with E-state index in [1.807, 2.05) is 0 Å². The van der Waals surface area contributed by atoms with Gasteiger partial charge in [-0.15, -0.1) is 0 Å². The van der Waals surface area contributed by atoms with Crippen molar-refractivity contribution in [3.05, 3.63) is 178 Å². The third-order valence-corrected chi connectivity index (χ3v) is 10.1. The van der Waals surface area contributed by atoms with Gasteiger partial charge in [-0.1, -0.05) is 78.4 Å². The quantitative estimate of drug-likeness (QED) is 0.0789. The first-order chi connectivity index (χ1) is 26.8. The van der Waals surface area contributed by atoms with Gasteiger partial charge in [-0.3, -0.25) is 14.1 Å². The van der Waals surface area contributed by atoms with Crippen LogP contribution in [0.2, 0.25) is 0 Å². The number of alkyl halides is 6. The second-order valence-electron chi connectivity index (χ2n) is 12.9. The van der Waals surface area contributed by atoms with Gasteiger partial charge in [0.1, 0.15) is 17.2 Å². The molecular weight excluding hydrogens is 775 g/mol. The molecule has 6 aromatic rings. The molecule has 57 heavy (non-hydrogen) atoms. The maximum Gasteiger partial charge on any atom is 0.411 e. The summed E-state index contributed by atoms with van der Waals surface area (Å²) in [6.07, 6.45) is -11.5. The Hall–Kier alpha value is -6.25. The Labute approximate surface area is 322 Å². The van der Waals surface area contributed by atoms with Crippen molar-refractivity contribution in [2.45, 2.75) is 29.6 Å². The highest BCUT2D eigenvalue weighted by atomic mass is 32.2. The molecule has 0 amide bonds. The number of ether oxygens (including phenoxy) is 2. The first kappa shape index (κ1) is 40.4. The van der Waals surface area contributed by atoms with E-state index in [9.17, 15) is 48.9 Å². The normalized spacial score (nSPS) is 12.2. The predicted molar refractivity (Wildman–Crippen MR) is 199 cm³/mol. The van der Waals surface area contributed by atoms with Gasteiger partial charge in [-0.25, -0.2) is 0 Å². The second kappa shape index (κ2) is 15.4. The summed E-state index contributed by atoms with van der Waals surface area (Å²) in [7, 11) is -3.31. The van der Waals surface area contributed by atoms with E-state index >= 15 is 0 Å². The zero-order valence-corrected chi connectivity index (χ0v) is 30.7. The van der Waals surface area contributed by atoms with Gasteiger partial charge in [-0.05, 0) is 95.9 Å². The molecule has 0 unspecified atom stereocenters. The highest BCUT2D eigenvalue weighted by Crippen LogP contribution is 2.56. The molecule has 7 nitrogen and oxygen atoms in total. The third-order valence-electron chi connectivity index (χ3n) is 9.28. The zero-order valence-electron chi connectivity index (χ0n) is 29.9. The van der Waals surface area contributed by atoms with Gasteiger partial charge in [-0.2, -0.15) is 34.8 Å². The van der Waals surface area contributed by atoms with Crippen LogP contribution in [-0.4, -0.2) is 44.0 Å². The third kappa shape index (κ3) is 8.04. The van der Waals surface area contributed by atoms with Crippen LogP contribution in [0, 0.1) is 6.92 Å². The Balaban J connectivity index is 1.20. The van der Waals surface area contributed by atoms with Gasteiger partial charge in [0.15, 0.2) is 11.6 Å². The van der Waals surface area contributed by atoms with E-state index in [0.717, 1.165) is 48.0 Å². The Kier molecular flexibility index (Phi) is 10.9. The second-order valence-corrected chi connectivity index (χ2v) is 14.3. The van der Waals surface area contributed by atoms with Gasteiger partial charge in [0.25, 0.3) is 10.1 Å². The highest BCUT2D eigenvalue weighted by molar-refractivity contribution is 7.85. The molecule has 292 valence electrons. The molecule has 0 aliphatic carbocycles. The van der Waals surface area contributed by atoms with E-state index in [0.29, 0.717) is 28.8 Å². The van der Waals surface area contributed by atoms with E-state index in [-0.39, 0.29) is 39.7 Å². The van der Waals surface area contributed by atoms with Crippen LogP contribution in [0.4, 0.5) is 26.3 Å². The van der Waals surface area contributed by atoms with Gasteiger partial charge in [0.05, 0.1) is 12.0 Å². The van der Waals surface area contributed by atoms with E-state index < -0.39 is 49.7 Å². The Bertz CT molecular complexity index is 2530. The Morgan fingerprint density at radius 3 is 1.56 bits per heavy atom. The van der Waals surface area contributed by atoms with Crippen LogP contribution in [0.3, 0.4) is 0 Å². The van der Waals surface area contributed by atoms with Crippen LogP contribution in [-0.2, 0) is 15.5 Å². The van der Waals surface area contributed by atoms with Crippen LogP contribution < -0.4 is 9.47 Å². The molecule has 0 saturated heterocycles. The lowest BCUT2D eigenvalue weighted by Gasteiger charge is -2.38. The van der Waals surface area contributed by atoms with Crippen LogP contribution in [0.25, 0.3) is 11.1 Å². The number of methoxy groups -OCH3 is 1. The lowest BCUT2D eigenvalue weighted by atomic mass is 9.73. The van der Waals surface area contributed by atoms with Crippen molar-refractivity contribution in [2.75, 3.05) is 7.11 Å². The largest absolute Gasteiger partial charge is 0.497 e. The van der Waals surface area contributed by atoms with Gasteiger partial charge in [0, 0.05) is 22.3 Å². The molecule has 0 aliphatic rings. The van der Waals surface area contributed by atoms with E-state index in [1.165, 1.54) is 49.6 Å². The van der Waals surface area contributed by atoms with Crippen molar-refractivity contribution < 1.29 is 58.4 Å². The van der Waals surface area contributed by atoms with Crippen molar-refractivity contribution >= 4 is 21.7 Å². The van der Waals surface area contributed by atoms with Gasteiger partial charge < -0.3 is 9.47 Å². The SMILES string of the molecule is COc1ccc(C(c2ccc(Oc3ccc(C(=O)c4ccc(-c5ccc(C)cc5C(=O)c5cccc(S(=O)(=O)O)c5)cc4)cc3)cc2)(C(F)(F)F)C(F)(F)F)cc1. The fourth-order valence-electron chi connectivity index (χ4n) is 6.43. The number of halogens is 6. The summed E-state index contributed by atoms with van der Waals surface area (Å²) in [6.45, 7) is 1.79. The summed E-state index contributed by atoms with van der Waals surface area (Å²) < 4.78 is 130. The minimum atomic E-state index is -5.77. The summed E-state index contributed by atoms with van der Waals surface area (Å²) in [5.41, 5.74) is -3.74. The first-order valence-electron chi connectivity index (χ1n) is 16.9. The van der Waals surface area contributed by atoms with Crippen molar-refractivity contribution in [3.8, 4) is 28.4 Å². The number of hydrogen-bond acceptors (Lipinski definition) is 6. The monoisotopic (exact) mass is 804 g/mol. The molecule has 1 N–H and O–H groups in total. The van der Waals surface area contributed by atoms with Crippen LogP contribution in [0.1, 0.15) is 48.5 Å². The summed E-state index contributed by atoms with van der Waals surface area (Å²) in [5, 5.41) is 0. The molecule has 0 aliphatic heterocycles. The summed E-state index contributed by atoms with van der Waals surface area (Å²) in [4.78, 5) is 26.5. The standard InChI is InChI=1S/C43H30F6O7S/c1-26-6-23-37(38(24-26)40(51)30-4-3-5-36(25-30)57(52,53)54)27-7-9-28(10-8-27)39(50)29-11-17-34(18-12-29)56-35-21-15-32(16-22-35)41(42(44,45)46,43(47,48)49)31-13-19-33(55-2)20-14-31/h3-25H,1-2H3,(H,52,53,54). The lowest BCUT2D eigenvalue weighted by Crippen LogP contribution is -2.54. The number of ketones is 2. The van der Waals surface area contributed by atoms with Crippen molar-refractivity contribution in [1.29, 1.82) is 0 Å². The molecule has 0 atom stereocenters. The predicted octanol–water partition coefficient (Wildman–Crippen LogP) is 10.6. The van der Waals surface area contributed by atoms with Crippen LogP contribution in [0.15, 0.2) is 144 Å². The van der Waals surface area contributed by atoms with Gasteiger partial charge in [0.2, 0.25) is 5.41 Å². The molecule has 0 bridgehead atoms. The molecule has 0 radical (unpaired) electrons. The van der Waals surface area contributed by atoms with E-state index in [2.05, 4.69) is 0 Å². The highest BCUT2D eigenvalue weighted by Gasteiger charge is 2.72. The minimum absolute atomic E-state index is 0.0443. The van der Waals surface area contributed by atoms with Crippen molar-refractivity contribution in [3.63, 3.8) is 0 Å². The molecule has 14 heteroatoms. The molecule has 0 aromatic heterocycles. The Morgan fingerprint density at radius 1 is 0.579 bits per heavy atom. The number of benzene rings is 6. The van der Waals surface area contributed by atoms with Crippen LogP contribution in [0.5, 0.6) is 17.2 Å². The topological polar surface area (TPSA) is 107 Å². The minimum Gasteiger partial charge on any atom is -0.497 e. The van der Waals surface area contributed by atoms with Crippen molar-refractivity contribution in [2.24, 2.45) is 0 Å². The average Bonchev–Trinajstić information content (AvgIpc) is 3.17. The summed E-state index contributed by atoms with van der Waals surface area (Å²) in [6, 6.07) is 29.2. The molecule has 6 rings (SSSR count). The van der Waals surface area contributed by atoms with E-state index in [1.54, 1.807) is 49.4 Å². The molecule has 6 aromatic carbocycles. The Morgan fingerprint density at radius 2 is 1.07 bits per heavy atom. The van der Waals surface area contributed by atoms with E-state index in [4.69, 9.17) is 9.47 Å². The van der Waals surface area contributed by atoms with Crippen molar-refractivity contribution in [1.82, 2.24) is 0 Å². The summed E-state index contributed by atoms with van der Waals surface area (Å²) in [5.74, 6) is -0.681. The van der Waals surface area contributed by atoms with Gasteiger partial charge >= 0.3 is 12.4 Å². The molecule has 0 spiro atoms. The fraction of sp³-hybridized carbons (Fsp3) is 0.116. The average molecular weight is 805 g/mol. The first-order valence-corrected chi connectivity index (χ1v) is 18.3. The number of carbonyl (C=O) groups is 2. The number of rotatable bonds is 11. The number of aryl methyl sites for hydroxylation is 1. The molecular formula is C43H30F6O7S. The molecule has 0 heterocycles. The smallest absolute Gasteiger partial charge is 0.411 e. The maximum atomic E-state index is 14.5. The number of carbonyl (C=O) groups excluding carboxylic acids is 2. The molecule has 0 fully saturated rings. The van der Waals surface area contributed by atoms with Crippen LogP contribution >= 0.6 is 0 Å². The fourth-order valence-corrected chi connectivity index (χ4v) is 6.95. The summed E-state index contributed by atoms with van der Waals surface area (Å²) >= 11 is 0. The zero-order chi connectivity index (χ0) is 41.3. The maximum absolute atomic E-state index is 14.5. The molecule has 0 saturated carbocycles.